The van der Waals surface area contributed by atoms with Gasteiger partial charge in [-0.05, 0) is 85.9 Å². The Balaban J connectivity index is 0.737. The second kappa shape index (κ2) is 15.8. The van der Waals surface area contributed by atoms with Crippen LogP contribution < -0.4 is 15.1 Å². The number of rotatable bonds is 7. The summed E-state index contributed by atoms with van der Waals surface area (Å²) in [5.41, 5.74) is 4.70. The van der Waals surface area contributed by atoms with E-state index in [2.05, 4.69) is 38.3 Å². The Bertz CT molecular complexity index is 2410. The molecule has 9 rings (SSSR count). The van der Waals surface area contributed by atoms with Gasteiger partial charge in [0, 0.05) is 82.5 Å². The first-order valence-corrected chi connectivity index (χ1v) is 20.8. The summed E-state index contributed by atoms with van der Waals surface area (Å²) in [6.45, 7) is 6.53. The Labute approximate surface area is 345 Å². The minimum Gasteiger partial charge on any atom is -0.370 e. The lowest BCUT2D eigenvalue weighted by Gasteiger charge is -2.39. The topological polar surface area (TPSA) is 153 Å². The maximum atomic E-state index is 15.4. The third-order valence-electron chi connectivity index (χ3n) is 13.0. The van der Waals surface area contributed by atoms with Crippen LogP contribution in [0.2, 0.25) is 5.02 Å². The van der Waals surface area contributed by atoms with Crippen LogP contribution in [0.25, 0.3) is 10.9 Å². The van der Waals surface area contributed by atoms with Crippen molar-refractivity contribution in [3.63, 3.8) is 0 Å². The molecule has 4 aromatic rings. The molecule has 5 amide bonds. The number of carbonyl (C=O) groups excluding carboxylic acids is 5. The van der Waals surface area contributed by atoms with Crippen LogP contribution in [0, 0.1) is 23.1 Å². The van der Waals surface area contributed by atoms with E-state index in [0.717, 1.165) is 72.9 Å². The number of aromatic amines is 1. The standard InChI is InChI=1S/C44H44ClFN8O5/c45-33-5-6-35(40-39(33)30(23-47)24-48-40)51-15-11-28(12-16-51)27-1-3-29(4-2-27)42(57)53-13-9-26(10-14-53)25-50-17-19-52(20-18-50)37-22-32-31(21-34(37)46)43(58)54(44(32)59)36-7-8-38(55)49-41(36)56/h1-6,21-22,24,26,28,36,48H,7-20,25H2,(H,49,55,56). The van der Waals surface area contributed by atoms with Gasteiger partial charge in [-0.25, -0.2) is 4.39 Å². The first-order chi connectivity index (χ1) is 28.6. The summed E-state index contributed by atoms with van der Waals surface area (Å²) in [5, 5.41) is 13.0. The predicted octanol–water partition coefficient (Wildman–Crippen LogP) is 5.29. The third-order valence-corrected chi connectivity index (χ3v) is 13.3. The second-order valence-electron chi connectivity index (χ2n) is 16.3. The highest BCUT2D eigenvalue weighted by atomic mass is 35.5. The molecule has 13 nitrogen and oxygen atoms in total. The zero-order valence-corrected chi connectivity index (χ0v) is 33.3. The Morgan fingerprint density at radius 1 is 0.814 bits per heavy atom. The molecule has 1 aromatic heterocycles. The summed E-state index contributed by atoms with van der Waals surface area (Å²) in [7, 11) is 0. The molecule has 59 heavy (non-hydrogen) atoms. The molecule has 15 heteroatoms. The number of H-pyrrole nitrogens is 1. The van der Waals surface area contributed by atoms with Gasteiger partial charge in [0.15, 0.2) is 0 Å². The lowest BCUT2D eigenvalue weighted by molar-refractivity contribution is -0.136. The van der Waals surface area contributed by atoms with Crippen LogP contribution in [0.4, 0.5) is 15.8 Å². The highest BCUT2D eigenvalue weighted by molar-refractivity contribution is 6.36. The van der Waals surface area contributed by atoms with Crippen LogP contribution in [0.1, 0.15) is 86.6 Å². The summed E-state index contributed by atoms with van der Waals surface area (Å²) in [6, 6.07) is 15.7. The maximum Gasteiger partial charge on any atom is 0.262 e. The number of aromatic nitrogens is 1. The Hall–Kier alpha value is -5.78. The van der Waals surface area contributed by atoms with Crippen molar-refractivity contribution in [1.82, 2.24) is 25.0 Å². The van der Waals surface area contributed by atoms with Gasteiger partial charge in [-0.3, -0.25) is 39.1 Å². The van der Waals surface area contributed by atoms with E-state index in [1.165, 1.54) is 11.6 Å². The van der Waals surface area contributed by atoms with Crippen LogP contribution >= 0.6 is 11.6 Å². The van der Waals surface area contributed by atoms with Crippen LogP contribution in [0.15, 0.2) is 54.7 Å². The molecule has 0 spiro atoms. The van der Waals surface area contributed by atoms with E-state index in [-0.39, 0.29) is 35.6 Å². The molecule has 1 unspecified atom stereocenters. The maximum absolute atomic E-state index is 15.4. The molecule has 0 radical (unpaired) electrons. The molecule has 1 atom stereocenters. The van der Waals surface area contributed by atoms with Crippen LogP contribution in [-0.2, 0) is 9.59 Å². The van der Waals surface area contributed by atoms with E-state index in [4.69, 9.17) is 11.6 Å². The molecular formula is C44H44ClFN8O5. The van der Waals surface area contributed by atoms with E-state index in [9.17, 15) is 29.2 Å². The van der Waals surface area contributed by atoms with Gasteiger partial charge >= 0.3 is 0 Å². The first kappa shape index (κ1) is 38.7. The molecule has 6 heterocycles. The fourth-order valence-corrected chi connectivity index (χ4v) is 9.91. The second-order valence-corrected chi connectivity index (χ2v) is 16.7. The summed E-state index contributed by atoms with van der Waals surface area (Å²) in [4.78, 5) is 76.7. The van der Waals surface area contributed by atoms with Gasteiger partial charge in [0.05, 0.1) is 38.6 Å². The van der Waals surface area contributed by atoms with E-state index in [1.54, 1.807) is 6.20 Å². The number of halogens is 2. The van der Waals surface area contributed by atoms with Gasteiger partial charge in [0.1, 0.15) is 17.9 Å². The van der Waals surface area contributed by atoms with Crippen LogP contribution in [-0.4, -0.2) is 114 Å². The predicted molar refractivity (Wildman–Crippen MR) is 219 cm³/mol. The minimum atomic E-state index is -1.10. The summed E-state index contributed by atoms with van der Waals surface area (Å²) >= 11 is 6.43. The van der Waals surface area contributed by atoms with Crippen molar-refractivity contribution in [2.45, 2.75) is 50.5 Å². The molecule has 2 N–H and O–H groups in total. The molecule has 4 fully saturated rings. The molecule has 5 aliphatic rings. The van der Waals surface area contributed by atoms with Crippen molar-refractivity contribution in [2.24, 2.45) is 5.92 Å². The number of anilines is 2. The Morgan fingerprint density at radius 3 is 2.17 bits per heavy atom. The number of amides is 5. The molecule has 0 saturated carbocycles. The zero-order chi connectivity index (χ0) is 40.9. The molecule has 3 aromatic carbocycles. The van der Waals surface area contributed by atoms with E-state index >= 15 is 4.39 Å². The molecule has 0 aliphatic carbocycles. The number of hydrogen-bond acceptors (Lipinski definition) is 9. The number of fused-ring (bicyclic) bond motifs is 2. The lowest BCUT2D eigenvalue weighted by Crippen LogP contribution is -2.54. The SMILES string of the molecule is N#Cc1c[nH]c2c(N3CCC(c4ccc(C(=O)N5CCC(CN6CCN(c7cc8c(cc7F)C(=O)N(C7CCC(=O)NC7=O)C8=O)CC6)CC5)cc4)CC3)ccc(Cl)c12. The van der Waals surface area contributed by atoms with E-state index in [1.807, 2.05) is 34.1 Å². The number of nitrogens with one attached hydrogen (secondary N) is 2. The highest BCUT2D eigenvalue weighted by Gasteiger charge is 2.45. The largest absolute Gasteiger partial charge is 0.370 e. The lowest BCUT2D eigenvalue weighted by atomic mass is 9.88. The number of carbonyl (C=O) groups is 5. The summed E-state index contributed by atoms with van der Waals surface area (Å²) in [6.07, 6.45) is 5.54. The fraction of sp³-hybridized carbons (Fsp3) is 0.409. The van der Waals surface area contributed by atoms with Gasteiger partial charge in [0.25, 0.3) is 17.7 Å². The number of piperazine rings is 1. The molecule has 304 valence electrons. The molecular weight excluding hydrogens is 775 g/mol. The van der Waals surface area contributed by atoms with Gasteiger partial charge in [-0.1, -0.05) is 23.7 Å². The van der Waals surface area contributed by atoms with Crippen LogP contribution in [0.5, 0.6) is 0 Å². The Morgan fingerprint density at radius 2 is 1.49 bits per heavy atom. The van der Waals surface area contributed by atoms with Crippen molar-refractivity contribution in [3.05, 3.63) is 93.4 Å². The number of hydrogen-bond donors (Lipinski definition) is 2. The monoisotopic (exact) mass is 818 g/mol. The fourth-order valence-electron chi connectivity index (χ4n) is 9.65. The molecule has 0 bridgehead atoms. The number of piperidine rings is 3. The quantitative estimate of drug-likeness (QED) is 0.237. The highest BCUT2D eigenvalue weighted by Crippen LogP contribution is 2.38. The van der Waals surface area contributed by atoms with Crippen molar-refractivity contribution >= 4 is 63.4 Å². The molecule has 4 saturated heterocycles. The third kappa shape index (κ3) is 7.20. The van der Waals surface area contributed by atoms with Gasteiger partial charge in [0.2, 0.25) is 11.8 Å². The normalized spacial score (nSPS) is 21.0. The number of likely N-dealkylation sites (tertiary alicyclic amines) is 1. The van der Waals surface area contributed by atoms with Crippen molar-refractivity contribution < 1.29 is 28.4 Å². The van der Waals surface area contributed by atoms with Gasteiger partial charge in [-0.15, -0.1) is 0 Å². The van der Waals surface area contributed by atoms with Crippen molar-refractivity contribution in [3.8, 4) is 6.07 Å². The average Bonchev–Trinajstić information content (AvgIpc) is 3.79. The average molecular weight is 819 g/mol. The molecule has 5 aliphatic heterocycles. The number of nitrogens with zero attached hydrogens (tertiary/aromatic N) is 6. The number of imide groups is 2. The summed E-state index contributed by atoms with van der Waals surface area (Å²) in [5.74, 6) is -2.23. The van der Waals surface area contributed by atoms with Gasteiger partial charge in [-0.2, -0.15) is 5.26 Å². The van der Waals surface area contributed by atoms with Gasteiger partial charge < -0.3 is 19.7 Å². The van der Waals surface area contributed by atoms with Crippen molar-refractivity contribution in [2.75, 3.05) is 68.7 Å². The van der Waals surface area contributed by atoms with E-state index in [0.29, 0.717) is 67.3 Å². The number of nitriles is 1. The van der Waals surface area contributed by atoms with Crippen molar-refractivity contribution in [1.29, 1.82) is 5.26 Å². The first-order valence-electron chi connectivity index (χ1n) is 20.4. The number of benzene rings is 3. The summed E-state index contributed by atoms with van der Waals surface area (Å²) < 4.78 is 15.4. The Kier molecular flexibility index (Phi) is 10.3. The minimum absolute atomic E-state index is 0.0145. The van der Waals surface area contributed by atoms with Crippen LogP contribution in [0.3, 0.4) is 0 Å². The zero-order valence-electron chi connectivity index (χ0n) is 32.5. The smallest absolute Gasteiger partial charge is 0.262 e. The van der Waals surface area contributed by atoms with E-state index < -0.39 is 35.5 Å².